The Morgan fingerprint density at radius 3 is 2.23 bits per heavy atom. The monoisotopic (exact) mass is 183 g/mol. The molecule has 1 heterocycles. The molecule has 3 nitrogen and oxygen atoms in total. The standard InChI is InChI=1S/C10H17NO2/c1-9(4-5-9)8(12)11-6-10(2,7-11)13-3/h4-7H2,1-3H3. The summed E-state index contributed by atoms with van der Waals surface area (Å²) in [7, 11) is 1.71. The van der Waals surface area contributed by atoms with Gasteiger partial charge in [0.05, 0.1) is 18.7 Å². The summed E-state index contributed by atoms with van der Waals surface area (Å²) in [6.07, 6.45) is 2.12. The van der Waals surface area contributed by atoms with E-state index in [9.17, 15) is 4.79 Å². The van der Waals surface area contributed by atoms with E-state index in [1.807, 2.05) is 11.8 Å². The van der Waals surface area contributed by atoms with Gasteiger partial charge in [0.15, 0.2) is 0 Å². The van der Waals surface area contributed by atoms with Crippen molar-refractivity contribution in [1.82, 2.24) is 4.90 Å². The topological polar surface area (TPSA) is 29.5 Å². The number of hydrogen-bond donors (Lipinski definition) is 0. The summed E-state index contributed by atoms with van der Waals surface area (Å²) in [5.41, 5.74) is -0.101. The maximum Gasteiger partial charge on any atom is 0.228 e. The average molecular weight is 183 g/mol. The minimum Gasteiger partial charge on any atom is -0.375 e. The first-order chi connectivity index (χ1) is 5.99. The predicted octanol–water partition coefficient (Wildman–Crippen LogP) is 1.03. The van der Waals surface area contributed by atoms with Gasteiger partial charge in [-0.3, -0.25) is 4.79 Å². The fourth-order valence-electron chi connectivity index (χ4n) is 1.82. The Morgan fingerprint density at radius 1 is 1.31 bits per heavy atom. The normalized spacial score (nSPS) is 28.1. The van der Waals surface area contributed by atoms with E-state index in [-0.39, 0.29) is 11.0 Å². The quantitative estimate of drug-likeness (QED) is 0.640. The number of rotatable bonds is 2. The van der Waals surface area contributed by atoms with Crippen LogP contribution < -0.4 is 0 Å². The van der Waals surface area contributed by atoms with Crippen LogP contribution >= 0.6 is 0 Å². The van der Waals surface area contributed by atoms with Crippen LogP contribution in [0.2, 0.25) is 0 Å². The summed E-state index contributed by atoms with van der Waals surface area (Å²) in [6.45, 7) is 5.62. The second-order valence-corrected chi connectivity index (χ2v) is 4.88. The lowest BCUT2D eigenvalue weighted by molar-refractivity contribution is -0.162. The molecule has 1 saturated heterocycles. The van der Waals surface area contributed by atoms with Crippen molar-refractivity contribution in [2.45, 2.75) is 32.3 Å². The molecule has 0 aromatic carbocycles. The van der Waals surface area contributed by atoms with Crippen LogP contribution in [0.25, 0.3) is 0 Å². The van der Waals surface area contributed by atoms with E-state index in [0.717, 1.165) is 25.9 Å². The van der Waals surface area contributed by atoms with Crippen molar-refractivity contribution in [3.05, 3.63) is 0 Å². The number of carbonyl (C=O) groups excluding carboxylic acids is 1. The summed E-state index contributed by atoms with van der Waals surface area (Å²) < 4.78 is 5.29. The van der Waals surface area contributed by atoms with Gasteiger partial charge in [-0.25, -0.2) is 0 Å². The minimum absolute atomic E-state index is 0.0188. The van der Waals surface area contributed by atoms with E-state index in [1.165, 1.54) is 0 Å². The van der Waals surface area contributed by atoms with Gasteiger partial charge in [-0.05, 0) is 19.8 Å². The Hall–Kier alpha value is -0.570. The molecule has 2 rings (SSSR count). The van der Waals surface area contributed by atoms with Crippen LogP contribution in [0.4, 0.5) is 0 Å². The molecular formula is C10H17NO2. The molecule has 2 fully saturated rings. The first-order valence-corrected chi connectivity index (χ1v) is 4.84. The Bertz CT molecular complexity index is 239. The molecule has 0 spiro atoms. The van der Waals surface area contributed by atoms with E-state index in [2.05, 4.69) is 6.92 Å². The van der Waals surface area contributed by atoms with Crippen LogP contribution in [0.15, 0.2) is 0 Å². The molecule has 3 heteroatoms. The average Bonchev–Trinajstić information content (AvgIpc) is 2.78. The molecule has 1 saturated carbocycles. The zero-order chi connectivity index (χ0) is 9.69. The SMILES string of the molecule is COC1(C)CN(C(=O)C2(C)CC2)C1. The van der Waals surface area contributed by atoms with Crippen molar-refractivity contribution >= 4 is 5.91 Å². The maximum atomic E-state index is 11.8. The lowest BCUT2D eigenvalue weighted by Crippen LogP contribution is -2.63. The third-order valence-corrected chi connectivity index (χ3v) is 3.35. The molecule has 13 heavy (non-hydrogen) atoms. The third kappa shape index (κ3) is 1.35. The van der Waals surface area contributed by atoms with Crippen LogP contribution in [-0.4, -0.2) is 36.6 Å². The molecule has 2 aliphatic rings. The molecule has 1 aliphatic carbocycles. The third-order valence-electron chi connectivity index (χ3n) is 3.35. The highest BCUT2D eigenvalue weighted by Crippen LogP contribution is 2.47. The molecule has 0 aromatic heterocycles. The number of hydrogen-bond acceptors (Lipinski definition) is 2. The van der Waals surface area contributed by atoms with E-state index in [4.69, 9.17) is 4.74 Å². The van der Waals surface area contributed by atoms with E-state index in [1.54, 1.807) is 7.11 Å². The van der Waals surface area contributed by atoms with Crippen LogP contribution in [0.3, 0.4) is 0 Å². The van der Waals surface area contributed by atoms with E-state index >= 15 is 0 Å². The van der Waals surface area contributed by atoms with Gasteiger partial charge in [-0.1, -0.05) is 6.92 Å². The molecule has 0 bridgehead atoms. The Morgan fingerprint density at radius 2 is 1.85 bits per heavy atom. The zero-order valence-electron chi connectivity index (χ0n) is 8.59. The summed E-state index contributed by atoms with van der Waals surface area (Å²) in [5, 5.41) is 0. The second kappa shape index (κ2) is 2.47. The Labute approximate surface area is 79.0 Å². The molecule has 0 atom stereocenters. The minimum atomic E-state index is -0.0824. The summed E-state index contributed by atoms with van der Waals surface area (Å²) in [5.74, 6) is 0.321. The Balaban J connectivity index is 1.90. The summed E-state index contributed by atoms with van der Waals surface area (Å²) >= 11 is 0. The molecule has 0 N–H and O–H groups in total. The number of amides is 1. The van der Waals surface area contributed by atoms with Gasteiger partial charge in [-0.2, -0.15) is 0 Å². The van der Waals surface area contributed by atoms with E-state index < -0.39 is 0 Å². The number of carbonyl (C=O) groups is 1. The molecule has 74 valence electrons. The smallest absolute Gasteiger partial charge is 0.228 e. The fourth-order valence-corrected chi connectivity index (χ4v) is 1.82. The molecule has 0 radical (unpaired) electrons. The van der Waals surface area contributed by atoms with Crippen molar-refractivity contribution in [1.29, 1.82) is 0 Å². The number of ether oxygens (including phenoxy) is 1. The molecule has 0 unspecified atom stereocenters. The predicted molar refractivity (Wildman–Crippen MR) is 49.3 cm³/mol. The number of likely N-dealkylation sites (tertiary alicyclic amines) is 1. The second-order valence-electron chi connectivity index (χ2n) is 4.88. The van der Waals surface area contributed by atoms with Crippen molar-refractivity contribution < 1.29 is 9.53 Å². The Kier molecular flexibility index (Phi) is 1.71. The highest BCUT2D eigenvalue weighted by molar-refractivity contribution is 5.85. The van der Waals surface area contributed by atoms with Gasteiger partial charge in [0, 0.05) is 12.5 Å². The van der Waals surface area contributed by atoms with Crippen molar-refractivity contribution in [2.24, 2.45) is 5.41 Å². The summed E-state index contributed by atoms with van der Waals surface area (Å²) in [4.78, 5) is 13.7. The first kappa shape index (κ1) is 9.00. The van der Waals surface area contributed by atoms with Crippen molar-refractivity contribution in [2.75, 3.05) is 20.2 Å². The zero-order valence-corrected chi connectivity index (χ0v) is 8.59. The van der Waals surface area contributed by atoms with Gasteiger partial charge in [0.25, 0.3) is 0 Å². The van der Waals surface area contributed by atoms with Gasteiger partial charge >= 0.3 is 0 Å². The lowest BCUT2D eigenvalue weighted by Gasteiger charge is -2.47. The summed E-state index contributed by atoms with van der Waals surface area (Å²) in [6, 6.07) is 0. The van der Waals surface area contributed by atoms with Gasteiger partial charge in [-0.15, -0.1) is 0 Å². The van der Waals surface area contributed by atoms with Crippen molar-refractivity contribution in [3.8, 4) is 0 Å². The maximum absolute atomic E-state index is 11.8. The van der Waals surface area contributed by atoms with Crippen LogP contribution in [0.5, 0.6) is 0 Å². The van der Waals surface area contributed by atoms with Gasteiger partial charge in [0.1, 0.15) is 0 Å². The van der Waals surface area contributed by atoms with Crippen LogP contribution in [0.1, 0.15) is 26.7 Å². The molecule has 1 aliphatic heterocycles. The van der Waals surface area contributed by atoms with Gasteiger partial charge in [0.2, 0.25) is 5.91 Å². The fraction of sp³-hybridized carbons (Fsp3) is 0.900. The largest absolute Gasteiger partial charge is 0.375 e. The van der Waals surface area contributed by atoms with Crippen molar-refractivity contribution in [3.63, 3.8) is 0 Å². The number of methoxy groups -OCH3 is 1. The number of nitrogens with zero attached hydrogens (tertiary/aromatic N) is 1. The molecular weight excluding hydrogens is 166 g/mol. The van der Waals surface area contributed by atoms with Gasteiger partial charge < -0.3 is 9.64 Å². The van der Waals surface area contributed by atoms with Crippen LogP contribution in [-0.2, 0) is 9.53 Å². The van der Waals surface area contributed by atoms with E-state index in [0.29, 0.717) is 5.91 Å². The first-order valence-electron chi connectivity index (χ1n) is 4.84. The highest BCUT2D eigenvalue weighted by atomic mass is 16.5. The lowest BCUT2D eigenvalue weighted by atomic mass is 9.94. The molecule has 0 aromatic rings. The molecule has 1 amide bonds. The highest BCUT2D eigenvalue weighted by Gasteiger charge is 2.52. The van der Waals surface area contributed by atoms with Crippen LogP contribution in [0, 0.1) is 5.41 Å².